The van der Waals surface area contributed by atoms with E-state index in [1.54, 1.807) is 6.07 Å². The van der Waals surface area contributed by atoms with Gasteiger partial charge in [-0.15, -0.1) is 0 Å². The van der Waals surface area contributed by atoms with Crippen LogP contribution in [0.4, 0.5) is 0 Å². The Hall–Kier alpha value is -2.05. The van der Waals surface area contributed by atoms with Crippen LogP contribution in [-0.4, -0.2) is 32.7 Å². The number of hydrogen-bond acceptors (Lipinski definition) is 11. The summed E-state index contributed by atoms with van der Waals surface area (Å²) < 4.78 is 35.6. The summed E-state index contributed by atoms with van der Waals surface area (Å²) in [6.45, 7) is -0.522. The Morgan fingerprint density at radius 2 is 1.54 bits per heavy atom. The summed E-state index contributed by atoms with van der Waals surface area (Å²) in [4.78, 5) is 45.7. The van der Waals surface area contributed by atoms with Crippen LogP contribution in [0.5, 0.6) is 0 Å². The van der Waals surface area contributed by atoms with Crippen LogP contribution >= 0.6 is 16.1 Å². The zero-order chi connectivity index (χ0) is 20.9. The first-order chi connectivity index (χ1) is 12.6. The molecule has 15 heteroatoms. The standard InChI is InChI=1S/C6H7O6P.C6H6O3.CH4.HO4P.H2/c7-3-5-1-2-6(12-5)4-11-13(8,9)10;7-3-5-1-2-6(4-8)9-5;;1-4-5(2)3;/h1-3H,4H2,(H2,8,9,10);1-3,8H,4H2;1H4;1H;1H. The van der Waals surface area contributed by atoms with Gasteiger partial charge in [0, 0.05) is 6.10 Å². The Morgan fingerprint density at radius 3 is 1.82 bits per heavy atom. The number of hydrogen-bond donors (Lipinski definition) is 4. The molecule has 0 fully saturated rings. The predicted octanol–water partition coefficient (Wildman–Crippen LogP) is 1.66. The molecule has 0 saturated heterocycles. The molecule has 4 N–H and O–H groups in total. The van der Waals surface area contributed by atoms with Crippen LogP contribution in [0, 0.1) is 0 Å². The Labute approximate surface area is 160 Å². The van der Waals surface area contributed by atoms with Gasteiger partial charge in [-0.2, -0.15) is 0 Å². The SMILES string of the molecule is C.O=Cc1ccc(CO)o1.O=Cc1ccc(COP(=O)(O)O)o1.O=[P+]([O-])OO.[HH]. The molecule has 13 nitrogen and oxygen atoms in total. The van der Waals surface area contributed by atoms with Crippen LogP contribution in [0.3, 0.4) is 0 Å². The lowest BCUT2D eigenvalue weighted by Gasteiger charge is -2.01. The van der Waals surface area contributed by atoms with Crippen LogP contribution in [0.15, 0.2) is 33.1 Å². The number of phosphoric ester groups is 1. The van der Waals surface area contributed by atoms with E-state index in [4.69, 9.17) is 38.4 Å². The number of aliphatic hydroxyl groups is 1. The maximum Gasteiger partial charge on any atom is 0.521 e. The monoisotopic (exact) mass is 446 g/mol. The molecule has 0 aliphatic heterocycles. The molecule has 1 unspecified atom stereocenters. The number of aliphatic hydroxyl groups excluding tert-OH is 1. The molecule has 2 aromatic heterocycles. The van der Waals surface area contributed by atoms with Crippen molar-refractivity contribution < 1.29 is 63.2 Å². The minimum atomic E-state index is -4.48. The van der Waals surface area contributed by atoms with E-state index < -0.39 is 16.1 Å². The van der Waals surface area contributed by atoms with Crippen LogP contribution in [0.1, 0.15) is 41.5 Å². The minimum Gasteiger partial charge on any atom is -0.565 e. The number of phosphoric acid groups is 1. The summed E-state index contributed by atoms with van der Waals surface area (Å²) in [5.41, 5.74) is 0. The number of aldehydes is 2. The average Bonchev–Trinajstić information content (AvgIpc) is 3.29. The van der Waals surface area contributed by atoms with Gasteiger partial charge >= 0.3 is 16.1 Å². The van der Waals surface area contributed by atoms with Gasteiger partial charge in [0.05, 0.1) is 0 Å². The van der Waals surface area contributed by atoms with Gasteiger partial charge in [0.25, 0.3) is 0 Å². The molecule has 28 heavy (non-hydrogen) atoms. The van der Waals surface area contributed by atoms with E-state index in [0.29, 0.717) is 18.3 Å². The molecule has 2 rings (SSSR count). The molecule has 0 radical (unpaired) electrons. The highest BCUT2D eigenvalue weighted by molar-refractivity contribution is 7.46. The van der Waals surface area contributed by atoms with Crippen LogP contribution in [-0.2, 0) is 31.5 Å². The molecule has 0 aromatic carbocycles. The molecule has 0 aliphatic carbocycles. The van der Waals surface area contributed by atoms with Crippen molar-refractivity contribution in [3.8, 4) is 0 Å². The highest BCUT2D eigenvalue weighted by atomic mass is 31.2. The van der Waals surface area contributed by atoms with Gasteiger partial charge in [-0.1, -0.05) is 7.43 Å². The van der Waals surface area contributed by atoms with Crippen LogP contribution in [0.2, 0.25) is 0 Å². The van der Waals surface area contributed by atoms with Crippen molar-refractivity contribution in [1.82, 2.24) is 0 Å². The lowest BCUT2D eigenvalue weighted by molar-refractivity contribution is -0.244. The summed E-state index contributed by atoms with van der Waals surface area (Å²) >= 11 is 0. The van der Waals surface area contributed by atoms with Crippen molar-refractivity contribution >= 4 is 28.6 Å². The Bertz CT molecular complexity index is 766. The third-order valence-corrected chi connectivity index (χ3v) is 2.79. The van der Waals surface area contributed by atoms with E-state index in [-0.39, 0.29) is 39.3 Å². The van der Waals surface area contributed by atoms with Crippen molar-refractivity contribution in [2.24, 2.45) is 0 Å². The maximum atomic E-state index is 10.2. The Kier molecular flexibility index (Phi) is 15.0. The molecule has 160 valence electrons. The Morgan fingerprint density at radius 1 is 1.11 bits per heavy atom. The molecule has 0 saturated carbocycles. The first-order valence-electron chi connectivity index (χ1n) is 6.49. The maximum absolute atomic E-state index is 10.2. The fourth-order valence-corrected chi connectivity index (χ4v) is 1.52. The smallest absolute Gasteiger partial charge is 0.521 e. The van der Waals surface area contributed by atoms with E-state index in [1.165, 1.54) is 18.2 Å². The van der Waals surface area contributed by atoms with Gasteiger partial charge in [-0.05, 0) is 28.8 Å². The molecule has 0 amide bonds. The summed E-state index contributed by atoms with van der Waals surface area (Å²) in [6.07, 6.45) is 1.08. The second kappa shape index (κ2) is 14.9. The normalized spacial score (nSPS) is 10.4. The molecule has 1 atom stereocenters. The molecule has 2 aromatic rings. The summed E-state index contributed by atoms with van der Waals surface area (Å²) in [5.74, 6) is 0.936. The quantitative estimate of drug-likeness (QED) is 0.206. The first-order valence-corrected chi connectivity index (χ1v) is 9.12. The second-order valence-corrected chi connectivity index (χ2v) is 5.92. The fourth-order valence-electron chi connectivity index (χ4n) is 1.23. The lowest BCUT2D eigenvalue weighted by atomic mass is 10.4. The zero-order valence-corrected chi connectivity index (χ0v) is 15.0. The van der Waals surface area contributed by atoms with E-state index in [2.05, 4.69) is 9.20 Å². The van der Waals surface area contributed by atoms with Gasteiger partial charge in [0.1, 0.15) is 24.7 Å². The van der Waals surface area contributed by atoms with Crippen molar-refractivity contribution in [1.29, 1.82) is 0 Å². The average molecular weight is 446 g/mol. The molecule has 2 heterocycles. The lowest BCUT2D eigenvalue weighted by Crippen LogP contribution is -1.88. The second-order valence-electron chi connectivity index (χ2n) is 4.07. The van der Waals surface area contributed by atoms with Crippen molar-refractivity contribution in [2.45, 2.75) is 20.6 Å². The number of furan rings is 2. The van der Waals surface area contributed by atoms with E-state index in [9.17, 15) is 14.2 Å². The molecular formula is C13H20O13P2. The van der Waals surface area contributed by atoms with Gasteiger partial charge in [0.15, 0.2) is 24.1 Å². The van der Waals surface area contributed by atoms with Gasteiger partial charge in [-0.25, -0.2) is 9.82 Å². The van der Waals surface area contributed by atoms with E-state index in [1.807, 2.05) is 0 Å². The molecule has 0 spiro atoms. The highest BCUT2D eigenvalue weighted by Crippen LogP contribution is 2.36. The topological polar surface area (TPSA) is 217 Å². The largest absolute Gasteiger partial charge is 0.565 e. The van der Waals surface area contributed by atoms with Crippen LogP contribution in [0.25, 0.3) is 0 Å². The third kappa shape index (κ3) is 14.1. The summed E-state index contributed by atoms with van der Waals surface area (Å²) in [7, 11) is -7.52. The zero-order valence-electron chi connectivity index (χ0n) is 13.2. The Balaban J connectivity index is -0.000000372. The van der Waals surface area contributed by atoms with Gasteiger partial charge < -0.3 is 28.6 Å². The molecular weight excluding hydrogens is 426 g/mol. The van der Waals surface area contributed by atoms with Crippen LogP contribution < -0.4 is 4.89 Å². The number of rotatable bonds is 7. The van der Waals surface area contributed by atoms with Gasteiger partial charge in [-0.3, -0.25) is 14.1 Å². The predicted molar refractivity (Wildman–Crippen MR) is 91.1 cm³/mol. The first kappa shape index (κ1) is 28.2. The van der Waals surface area contributed by atoms with Crippen molar-refractivity contribution in [2.75, 3.05) is 0 Å². The van der Waals surface area contributed by atoms with E-state index in [0.717, 1.165) is 0 Å². The molecule has 0 bridgehead atoms. The minimum absolute atomic E-state index is 0. The fraction of sp³-hybridized carbons (Fsp3) is 0.231. The third-order valence-electron chi connectivity index (χ3n) is 2.19. The highest BCUT2D eigenvalue weighted by Gasteiger charge is 2.14. The van der Waals surface area contributed by atoms with Crippen molar-refractivity contribution in [3.63, 3.8) is 0 Å². The summed E-state index contributed by atoms with van der Waals surface area (Å²) in [5, 5.41) is 15.5. The van der Waals surface area contributed by atoms with Gasteiger partial charge in [0.2, 0.25) is 0 Å². The van der Waals surface area contributed by atoms with E-state index >= 15 is 0 Å². The van der Waals surface area contributed by atoms with Crippen molar-refractivity contribution in [3.05, 3.63) is 47.3 Å². The molecule has 0 aliphatic rings. The summed E-state index contributed by atoms with van der Waals surface area (Å²) in [6, 6.07) is 5.85. The number of carbonyl (C=O) groups excluding carboxylic acids is 2. The number of carbonyl (C=O) groups is 2.